The molecule has 0 spiro atoms. The van der Waals surface area contributed by atoms with Crippen LogP contribution in [-0.4, -0.2) is 6.29 Å². The Kier molecular flexibility index (Phi) is 14.0. The molecule has 0 aromatic carbocycles. The molecule has 0 fully saturated rings. The first-order valence-corrected chi connectivity index (χ1v) is 7.81. The van der Waals surface area contributed by atoms with Crippen LogP contribution in [0.5, 0.6) is 0 Å². The molecule has 0 heterocycles. The van der Waals surface area contributed by atoms with Gasteiger partial charge in [0.15, 0.2) is 6.29 Å². The SMILES string of the molecule is CCC(C)CCCC/C=C/CCCCCC[C]=O. The summed E-state index contributed by atoms with van der Waals surface area (Å²) in [6.07, 6.45) is 19.8. The van der Waals surface area contributed by atoms with Crippen LogP contribution in [0.4, 0.5) is 0 Å². The second kappa shape index (κ2) is 14.5. The van der Waals surface area contributed by atoms with Crippen molar-refractivity contribution in [1.82, 2.24) is 0 Å². The summed E-state index contributed by atoms with van der Waals surface area (Å²) < 4.78 is 0. The molecule has 0 aromatic rings. The normalized spacial score (nSPS) is 13.0. The highest BCUT2D eigenvalue weighted by atomic mass is 16.1. The summed E-state index contributed by atoms with van der Waals surface area (Å²) >= 11 is 0. The smallest absolute Gasteiger partial charge is 0.198 e. The number of carbonyl (C=O) groups excluding carboxylic acids is 1. The Morgan fingerprint density at radius 3 is 2.17 bits per heavy atom. The molecule has 1 unspecified atom stereocenters. The minimum Gasteiger partial charge on any atom is -0.291 e. The highest BCUT2D eigenvalue weighted by Crippen LogP contribution is 2.12. The molecule has 18 heavy (non-hydrogen) atoms. The molecule has 0 saturated heterocycles. The van der Waals surface area contributed by atoms with E-state index in [-0.39, 0.29) is 0 Å². The molecule has 0 amide bonds. The van der Waals surface area contributed by atoms with Crippen LogP contribution in [0.2, 0.25) is 0 Å². The summed E-state index contributed by atoms with van der Waals surface area (Å²) in [5.74, 6) is 0.901. The molecule has 0 aromatic heterocycles. The van der Waals surface area contributed by atoms with Crippen LogP contribution in [0.1, 0.15) is 84.5 Å². The Morgan fingerprint density at radius 2 is 1.56 bits per heavy atom. The van der Waals surface area contributed by atoms with E-state index >= 15 is 0 Å². The first-order valence-electron chi connectivity index (χ1n) is 7.81. The van der Waals surface area contributed by atoms with Gasteiger partial charge in [-0.05, 0) is 38.0 Å². The maximum atomic E-state index is 9.99. The first-order chi connectivity index (χ1) is 8.81. The summed E-state index contributed by atoms with van der Waals surface area (Å²) in [7, 11) is 0. The lowest BCUT2D eigenvalue weighted by Crippen LogP contribution is -1.90. The molecule has 1 nitrogen and oxygen atoms in total. The second-order valence-electron chi connectivity index (χ2n) is 5.37. The monoisotopic (exact) mass is 251 g/mol. The average Bonchev–Trinajstić information content (AvgIpc) is 2.39. The lowest BCUT2D eigenvalue weighted by molar-refractivity contribution is 0.486. The van der Waals surface area contributed by atoms with Crippen LogP contribution in [-0.2, 0) is 4.79 Å². The van der Waals surface area contributed by atoms with Crippen LogP contribution in [0, 0.1) is 5.92 Å². The molecule has 0 saturated carbocycles. The van der Waals surface area contributed by atoms with Gasteiger partial charge in [0, 0.05) is 6.42 Å². The highest BCUT2D eigenvalue weighted by molar-refractivity contribution is 5.50. The van der Waals surface area contributed by atoms with Crippen molar-refractivity contribution in [2.45, 2.75) is 84.5 Å². The third-order valence-electron chi connectivity index (χ3n) is 3.58. The van der Waals surface area contributed by atoms with Gasteiger partial charge in [-0.15, -0.1) is 0 Å². The second-order valence-corrected chi connectivity index (χ2v) is 5.37. The number of rotatable bonds is 13. The van der Waals surface area contributed by atoms with E-state index in [4.69, 9.17) is 0 Å². The van der Waals surface area contributed by atoms with Crippen LogP contribution in [0.25, 0.3) is 0 Å². The Hall–Kier alpha value is -0.590. The van der Waals surface area contributed by atoms with Gasteiger partial charge in [-0.2, -0.15) is 0 Å². The number of hydrogen-bond donors (Lipinski definition) is 0. The summed E-state index contributed by atoms with van der Waals surface area (Å²) in [4.78, 5) is 9.99. The standard InChI is InChI=1S/C17H31O/c1-3-17(2)15-13-11-9-7-5-4-6-8-10-12-14-16-18/h5,7,17H,3-4,6,8-15H2,1-2H3/b7-5+. The molecule has 1 atom stereocenters. The predicted octanol–water partition coefficient (Wildman–Crippen LogP) is 5.60. The number of unbranched alkanes of at least 4 members (excludes halogenated alkanes) is 7. The van der Waals surface area contributed by atoms with E-state index in [1.54, 1.807) is 0 Å². The zero-order chi connectivity index (χ0) is 13.5. The molecule has 0 N–H and O–H groups in total. The fourth-order valence-corrected chi connectivity index (χ4v) is 2.01. The van der Waals surface area contributed by atoms with Crippen LogP contribution < -0.4 is 0 Å². The maximum absolute atomic E-state index is 9.99. The van der Waals surface area contributed by atoms with E-state index in [0.717, 1.165) is 12.3 Å². The van der Waals surface area contributed by atoms with E-state index in [2.05, 4.69) is 26.0 Å². The molecule has 0 aliphatic heterocycles. The van der Waals surface area contributed by atoms with Gasteiger partial charge in [0.2, 0.25) is 0 Å². The van der Waals surface area contributed by atoms with Crippen molar-refractivity contribution in [3.8, 4) is 0 Å². The van der Waals surface area contributed by atoms with Crippen molar-refractivity contribution in [1.29, 1.82) is 0 Å². The van der Waals surface area contributed by atoms with Crippen molar-refractivity contribution >= 4 is 6.29 Å². The van der Waals surface area contributed by atoms with Crippen molar-refractivity contribution in [2.75, 3.05) is 0 Å². The minimum atomic E-state index is 0.617. The number of hydrogen-bond acceptors (Lipinski definition) is 1. The van der Waals surface area contributed by atoms with Gasteiger partial charge in [-0.25, -0.2) is 0 Å². The third kappa shape index (κ3) is 13.5. The zero-order valence-corrected chi connectivity index (χ0v) is 12.4. The Morgan fingerprint density at radius 1 is 0.944 bits per heavy atom. The van der Waals surface area contributed by atoms with Gasteiger partial charge in [0.1, 0.15) is 0 Å². The minimum absolute atomic E-state index is 0.617. The Labute approximate surface area is 114 Å². The quantitative estimate of drug-likeness (QED) is 0.307. The molecular weight excluding hydrogens is 220 g/mol. The van der Waals surface area contributed by atoms with Crippen molar-refractivity contribution in [3.05, 3.63) is 12.2 Å². The fourth-order valence-electron chi connectivity index (χ4n) is 2.01. The van der Waals surface area contributed by atoms with E-state index in [1.807, 2.05) is 6.29 Å². The van der Waals surface area contributed by atoms with Crippen molar-refractivity contribution < 1.29 is 4.79 Å². The van der Waals surface area contributed by atoms with Gasteiger partial charge in [0.25, 0.3) is 0 Å². The van der Waals surface area contributed by atoms with Gasteiger partial charge in [-0.1, -0.05) is 58.1 Å². The van der Waals surface area contributed by atoms with E-state index in [1.165, 1.54) is 57.8 Å². The lowest BCUT2D eigenvalue weighted by Gasteiger charge is -2.06. The lowest BCUT2D eigenvalue weighted by atomic mass is 10.0. The van der Waals surface area contributed by atoms with E-state index in [9.17, 15) is 4.79 Å². The van der Waals surface area contributed by atoms with Crippen LogP contribution >= 0.6 is 0 Å². The van der Waals surface area contributed by atoms with Gasteiger partial charge in [-0.3, -0.25) is 4.79 Å². The fraction of sp³-hybridized carbons (Fsp3) is 0.824. The third-order valence-corrected chi connectivity index (χ3v) is 3.58. The molecule has 1 heteroatoms. The summed E-state index contributed by atoms with van der Waals surface area (Å²) in [5, 5.41) is 0. The highest BCUT2D eigenvalue weighted by Gasteiger charge is 1.96. The predicted molar refractivity (Wildman–Crippen MR) is 80.5 cm³/mol. The Bertz CT molecular complexity index is 196. The van der Waals surface area contributed by atoms with Crippen molar-refractivity contribution in [3.63, 3.8) is 0 Å². The van der Waals surface area contributed by atoms with Gasteiger partial charge in [0.05, 0.1) is 0 Å². The molecular formula is C17H31O. The average molecular weight is 251 g/mol. The first kappa shape index (κ1) is 17.4. The van der Waals surface area contributed by atoms with E-state index < -0.39 is 0 Å². The number of allylic oxidation sites excluding steroid dienone is 2. The molecule has 0 bridgehead atoms. The zero-order valence-electron chi connectivity index (χ0n) is 12.4. The molecule has 105 valence electrons. The van der Waals surface area contributed by atoms with Gasteiger partial charge >= 0.3 is 0 Å². The van der Waals surface area contributed by atoms with Gasteiger partial charge < -0.3 is 0 Å². The maximum Gasteiger partial charge on any atom is 0.198 e. The summed E-state index contributed by atoms with van der Waals surface area (Å²) in [5.41, 5.74) is 0. The summed E-state index contributed by atoms with van der Waals surface area (Å²) in [6, 6.07) is 0. The topological polar surface area (TPSA) is 17.1 Å². The van der Waals surface area contributed by atoms with E-state index in [0.29, 0.717) is 6.42 Å². The van der Waals surface area contributed by atoms with Crippen molar-refractivity contribution in [2.24, 2.45) is 5.92 Å². The van der Waals surface area contributed by atoms with Crippen LogP contribution in [0.15, 0.2) is 12.2 Å². The molecule has 0 rings (SSSR count). The molecule has 0 aliphatic rings. The molecule has 0 aliphatic carbocycles. The summed E-state index contributed by atoms with van der Waals surface area (Å²) in [6.45, 7) is 4.62. The Balaban J connectivity index is 3.11. The largest absolute Gasteiger partial charge is 0.291 e. The molecule has 1 radical (unpaired) electrons. The van der Waals surface area contributed by atoms with Crippen LogP contribution in [0.3, 0.4) is 0 Å².